The maximum absolute atomic E-state index is 11.9. The average molecular weight is 276 g/mol. The molecule has 2 aromatic rings. The number of nitrogens with one attached hydrogen (secondary N) is 1. The lowest BCUT2D eigenvalue weighted by molar-refractivity contribution is -0.121. The zero-order valence-corrected chi connectivity index (χ0v) is 11.8. The Morgan fingerprint density at radius 1 is 1.45 bits per heavy atom. The summed E-state index contributed by atoms with van der Waals surface area (Å²) in [5, 5.41) is 13.3. The molecule has 1 aromatic carbocycles. The number of rotatable bonds is 6. The fraction of sp³-hybridized carbons (Fsp3) is 0.400. The van der Waals surface area contributed by atoms with Crippen LogP contribution in [0.2, 0.25) is 0 Å². The number of benzene rings is 1. The highest BCUT2D eigenvalue weighted by Gasteiger charge is 2.11. The number of nitrogens with zero attached hydrogens (tertiary/aromatic N) is 1. The van der Waals surface area contributed by atoms with Crippen LogP contribution >= 0.6 is 0 Å². The summed E-state index contributed by atoms with van der Waals surface area (Å²) in [5.41, 5.74) is 2.09. The number of amides is 1. The van der Waals surface area contributed by atoms with Crippen LogP contribution in [0.3, 0.4) is 0 Å². The van der Waals surface area contributed by atoms with Gasteiger partial charge in [0, 0.05) is 37.8 Å². The molecular formula is C15H20N2O3. The molecule has 20 heavy (non-hydrogen) atoms. The van der Waals surface area contributed by atoms with Gasteiger partial charge in [-0.15, -0.1) is 0 Å². The van der Waals surface area contributed by atoms with Crippen molar-refractivity contribution < 1.29 is 14.6 Å². The van der Waals surface area contributed by atoms with Gasteiger partial charge in [0.2, 0.25) is 5.91 Å². The number of fused-ring (bicyclic) bond motifs is 1. The fourth-order valence-electron chi connectivity index (χ4n) is 2.28. The van der Waals surface area contributed by atoms with Crippen molar-refractivity contribution in [1.29, 1.82) is 0 Å². The van der Waals surface area contributed by atoms with Crippen LogP contribution in [0.1, 0.15) is 5.56 Å². The molecule has 0 aliphatic carbocycles. The highest BCUT2D eigenvalue weighted by Crippen LogP contribution is 2.20. The molecule has 0 spiro atoms. The van der Waals surface area contributed by atoms with Gasteiger partial charge >= 0.3 is 0 Å². The summed E-state index contributed by atoms with van der Waals surface area (Å²) in [7, 11) is 3.48. The van der Waals surface area contributed by atoms with Crippen LogP contribution < -0.4 is 5.32 Å². The van der Waals surface area contributed by atoms with Gasteiger partial charge < -0.3 is 19.7 Å². The first-order chi connectivity index (χ1) is 9.61. The predicted molar refractivity (Wildman–Crippen MR) is 77.5 cm³/mol. The Morgan fingerprint density at radius 2 is 2.20 bits per heavy atom. The fourth-order valence-corrected chi connectivity index (χ4v) is 2.28. The smallest absolute Gasteiger partial charge is 0.224 e. The van der Waals surface area contributed by atoms with Gasteiger partial charge in [0.1, 0.15) is 0 Å². The molecule has 0 saturated heterocycles. The number of hydrogen-bond acceptors (Lipinski definition) is 3. The number of carbonyl (C=O) groups is 1. The maximum Gasteiger partial charge on any atom is 0.224 e. The third-order valence-electron chi connectivity index (χ3n) is 3.22. The first-order valence-electron chi connectivity index (χ1n) is 6.58. The zero-order chi connectivity index (χ0) is 14.5. The van der Waals surface area contributed by atoms with Crippen molar-refractivity contribution in [2.45, 2.75) is 12.5 Å². The Hall–Kier alpha value is -1.85. The summed E-state index contributed by atoms with van der Waals surface area (Å²) in [6.07, 6.45) is 1.60. The molecule has 2 rings (SSSR count). The van der Waals surface area contributed by atoms with Gasteiger partial charge in [0.05, 0.1) is 19.1 Å². The second-order valence-electron chi connectivity index (χ2n) is 4.87. The Bertz CT molecular complexity index is 592. The second kappa shape index (κ2) is 6.54. The number of methoxy groups -OCH3 is 1. The molecule has 1 aromatic heterocycles. The molecule has 0 aliphatic heterocycles. The highest BCUT2D eigenvalue weighted by molar-refractivity contribution is 5.89. The van der Waals surface area contributed by atoms with E-state index in [1.807, 2.05) is 42.1 Å². The van der Waals surface area contributed by atoms with E-state index in [-0.39, 0.29) is 19.1 Å². The molecular weight excluding hydrogens is 256 g/mol. The minimum atomic E-state index is -0.670. The molecule has 1 amide bonds. The van der Waals surface area contributed by atoms with Crippen molar-refractivity contribution >= 4 is 16.8 Å². The van der Waals surface area contributed by atoms with Crippen molar-refractivity contribution in [3.8, 4) is 0 Å². The highest BCUT2D eigenvalue weighted by atomic mass is 16.5. The van der Waals surface area contributed by atoms with Crippen molar-refractivity contribution in [3.63, 3.8) is 0 Å². The van der Waals surface area contributed by atoms with E-state index in [0.717, 1.165) is 16.5 Å². The molecule has 1 atom stereocenters. The number of carbonyl (C=O) groups excluding carboxylic acids is 1. The largest absolute Gasteiger partial charge is 0.389 e. The van der Waals surface area contributed by atoms with E-state index in [1.54, 1.807) is 0 Å². The molecule has 2 N–H and O–H groups in total. The van der Waals surface area contributed by atoms with Crippen LogP contribution in [-0.4, -0.2) is 41.9 Å². The van der Waals surface area contributed by atoms with Crippen LogP contribution in [0.15, 0.2) is 30.5 Å². The van der Waals surface area contributed by atoms with E-state index in [2.05, 4.69) is 5.32 Å². The standard InChI is InChI=1S/C15H20N2O3/c1-17-9-11(13-5-3-4-6-14(13)17)7-15(19)16-8-12(18)10-20-2/h3-6,9,12,18H,7-8,10H2,1-2H3,(H,16,19). The van der Waals surface area contributed by atoms with Crippen molar-refractivity contribution in [1.82, 2.24) is 9.88 Å². The maximum atomic E-state index is 11.9. The number of para-hydroxylation sites is 1. The average Bonchev–Trinajstić information content (AvgIpc) is 2.74. The van der Waals surface area contributed by atoms with Gasteiger partial charge in [-0.25, -0.2) is 0 Å². The summed E-state index contributed by atoms with van der Waals surface area (Å²) in [6.45, 7) is 0.423. The third-order valence-corrected chi connectivity index (χ3v) is 3.22. The number of aromatic nitrogens is 1. The van der Waals surface area contributed by atoms with Crippen LogP contribution in [0, 0.1) is 0 Å². The summed E-state index contributed by atoms with van der Waals surface area (Å²) < 4.78 is 6.82. The van der Waals surface area contributed by atoms with Crippen LogP contribution in [-0.2, 0) is 23.0 Å². The van der Waals surface area contributed by atoms with Gasteiger partial charge in [0.25, 0.3) is 0 Å². The number of aliphatic hydroxyl groups excluding tert-OH is 1. The molecule has 1 unspecified atom stereocenters. The predicted octanol–water partition coefficient (Wildman–Crippen LogP) is 0.844. The first kappa shape index (κ1) is 14.6. The first-order valence-corrected chi connectivity index (χ1v) is 6.58. The van der Waals surface area contributed by atoms with Crippen molar-refractivity contribution in [3.05, 3.63) is 36.0 Å². The van der Waals surface area contributed by atoms with E-state index < -0.39 is 6.10 Å². The molecule has 0 aliphatic rings. The lowest BCUT2D eigenvalue weighted by Crippen LogP contribution is -2.35. The second-order valence-corrected chi connectivity index (χ2v) is 4.87. The summed E-state index contributed by atoms with van der Waals surface area (Å²) in [5.74, 6) is -0.100. The topological polar surface area (TPSA) is 63.5 Å². The minimum absolute atomic E-state index is 0.100. The van der Waals surface area contributed by atoms with E-state index in [0.29, 0.717) is 6.42 Å². The van der Waals surface area contributed by atoms with Gasteiger partial charge in [-0.05, 0) is 11.6 Å². The lowest BCUT2D eigenvalue weighted by Gasteiger charge is -2.10. The Balaban J connectivity index is 2.00. The van der Waals surface area contributed by atoms with Gasteiger partial charge in [-0.1, -0.05) is 18.2 Å². The molecule has 0 fully saturated rings. The summed E-state index contributed by atoms with van der Waals surface area (Å²) in [4.78, 5) is 11.9. The van der Waals surface area contributed by atoms with Crippen molar-refractivity contribution in [2.75, 3.05) is 20.3 Å². The van der Waals surface area contributed by atoms with E-state index in [1.165, 1.54) is 7.11 Å². The van der Waals surface area contributed by atoms with Crippen molar-refractivity contribution in [2.24, 2.45) is 7.05 Å². The molecule has 0 radical (unpaired) electrons. The van der Waals surface area contributed by atoms with Crippen LogP contribution in [0.4, 0.5) is 0 Å². The van der Waals surface area contributed by atoms with Gasteiger partial charge in [-0.3, -0.25) is 4.79 Å². The van der Waals surface area contributed by atoms with Crippen LogP contribution in [0.5, 0.6) is 0 Å². The Morgan fingerprint density at radius 3 is 2.95 bits per heavy atom. The molecule has 1 heterocycles. The molecule has 0 saturated carbocycles. The Kier molecular flexibility index (Phi) is 4.76. The van der Waals surface area contributed by atoms with E-state index >= 15 is 0 Å². The quantitative estimate of drug-likeness (QED) is 0.822. The summed E-state index contributed by atoms with van der Waals surface area (Å²) in [6, 6.07) is 7.98. The number of aliphatic hydroxyl groups is 1. The molecule has 5 heteroatoms. The molecule has 5 nitrogen and oxygen atoms in total. The number of ether oxygens (including phenoxy) is 1. The Labute approximate surface area is 118 Å². The van der Waals surface area contributed by atoms with Gasteiger partial charge in [-0.2, -0.15) is 0 Å². The van der Waals surface area contributed by atoms with E-state index in [9.17, 15) is 9.90 Å². The monoisotopic (exact) mass is 276 g/mol. The number of hydrogen-bond donors (Lipinski definition) is 2. The third kappa shape index (κ3) is 3.37. The molecule has 0 bridgehead atoms. The van der Waals surface area contributed by atoms with Gasteiger partial charge in [0.15, 0.2) is 0 Å². The van der Waals surface area contributed by atoms with Crippen LogP contribution in [0.25, 0.3) is 10.9 Å². The lowest BCUT2D eigenvalue weighted by atomic mass is 10.1. The molecule has 108 valence electrons. The zero-order valence-electron chi connectivity index (χ0n) is 11.8. The minimum Gasteiger partial charge on any atom is -0.389 e. The number of aryl methyl sites for hydroxylation is 1. The van der Waals surface area contributed by atoms with E-state index in [4.69, 9.17) is 4.74 Å². The normalized spacial score (nSPS) is 12.6. The SMILES string of the molecule is COCC(O)CNC(=O)Cc1cn(C)c2ccccc12. The summed E-state index contributed by atoms with van der Waals surface area (Å²) >= 11 is 0.